The Bertz CT molecular complexity index is 417. The van der Waals surface area contributed by atoms with Crippen LogP contribution < -0.4 is 0 Å². The van der Waals surface area contributed by atoms with Crippen molar-refractivity contribution in [1.29, 1.82) is 0 Å². The van der Waals surface area contributed by atoms with E-state index in [-0.39, 0.29) is 5.78 Å². The van der Waals surface area contributed by atoms with Crippen LogP contribution in [-0.2, 0) is 6.42 Å². The maximum Gasteiger partial charge on any atom is 0.163 e. The summed E-state index contributed by atoms with van der Waals surface area (Å²) in [5.41, 5.74) is 0.814. The van der Waals surface area contributed by atoms with E-state index < -0.39 is 0 Å². The molecule has 0 bridgehead atoms. The molecule has 76 valence electrons. The van der Waals surface area contributed by atoms with E-state index in [4.69, 9.17) is 0 Å². The van der Waals surface area contributed by atoms with Crippen LogP contribution in [0.25, 0.3) is 0 Å². The SMILES string of the molecule is O=C(CCc1cccs1)c1ccccc1. The summed E-state index contributed by atoms with van der Waals surface area (Å²) in [6.45, 7) is 0. The molecular weight excluding hydrogens is 204 g/mol. The first-order valence-corrected chi connectivity index (χ1v) is 5.85. The molecule has 1 heterocycles. The lowest BCUT2D eigenvalue weighted by Gasteiger charge is -1.98. The Labute approximate surface area is 93.4 Å². The van der Waals surface area contributed by atoms with Gasteiger partial charge in [0.1, 0.15) is 0 Å². The highest BCUT2D eigenvalue weighted by Crippen LogP contribution is 2.13. The zero-order chi connectivity index (χ0) is 10.5. The lowest BCUT2D eigenvalue weighted by molar-refractivity contribution is 0.0983. The van der Waals surface area contributed by atoms with E-state index >= 15 is 0 Å². The summed E-state index contributed by atoms with van der Waals surface area (Å²) >= 11 is 1.71. The van der Waals surface area contributed by atoms with Crippen molar-refractivity contribution in [3.8, 4) is 0 Å². The van der Waals surface area contributed by atoms with Crippen molar-refractivity contribution >= 4 is 17.1 Å². The highest BCUT2D eigenvalue weighted by Gasteiger charge is 2.05. The second-order valence-electron chi connectivity index (χ2n) is 3.37. The van der Waals surface area contributed by atoms with Gasteiger partial charge < -0.3 is 0 Å². The van der Waals surface area contributed by atoms with Gasteiger partial charge in [-0.3, -0.25) is 4.79 Å². The minimum atomic E-state index is 0.226. The largest absolute Gasteiger partial charge is 0.294 e. The highest BCUT2D eigenvalue weighted by molar-refractivity contribution is 7.09. The average molecular weight is 216 g/mol. The molecular formula is C13H12OS. The standard InChI is InChI=1S/C13H12OS/c14-13(11-5-2-1-3-6-11)9-8-12-7-4-10-15-12/h1-7,10H,8-9H2. The van der Waals surface area contributed by atoms with Gasteiger partial charge in [-0.1, -0.05) is 36.4 Å². The minimum Gasteiger partial charge on any atom is -0.294 e. The van der Waals surface area contributed by atoms with Crippen LogP contribution in [0.3, 0.4) is 0 Å². The Morgan fingerprint density at radius 3 is 2.53 bits per heavy atom. The van der Waals surface area contributed by atoms with Crippen molar-refractivity contribution in [2.75, 3.05) is 0 Å². The Balaban J connectivity index is 1.94. The van der Waals surface area contributed by atoms with Gasteiger partial charge >= 0.3 is 0 Å². The second-order valence-corrected chi connectivity index (χ2v) is 4.40. The minimum absolute atomic E-state index is 0.226. The van der Waals surface area contributed by atoms with Crippen LogP contribution in [0.1, 0.15) is 21.7 Å². The topological polar surface area (TPSA) is 17.1 Å². The Hall–Kier alpha value is -1.41. The summed E-state index contributed by atoms with van der Waals surface area (Å²) in [6, 6.07) is 13.6. The predicted octanol–water partition coefficient (Wildman–Crippen LogP) is 3.56. The molecule has 0 aliphatic rings. The van der Waals surface area contributed by atoms with Gasteiger partial charge in [0.25, 0.3) is 0 Å². The number of benzene rings is 1. The van der Waals surface area contributed by atoms with Crippen LogP contribution in [-0.4, -0.2) is 5.78 Å². The number of thiophene rings is 1. The highest BCUT2D eigenvalue weighted by atomic mass is 32.1. The zero-order valence-corrected chi connectivity index (χ0v) is 9.17. The third-order valence-electron chi connectivity index (χ3n) is 2.27. The molecule has 0 spiro atoms. The van der Waals surface area contributed by atoms with Crippen molar-refractivity contribution < 1.29 is 4.79 Å². The third kappa shape index (κ3) is 2.77. The Morgan fingerprint density at radius 2 is 1.87 bits per heavy atom. The molecule has 0 radical (unpaired) electrons. The van der Waals surface area contributed by atoms with Crippen molar-refractivity contribution in [2.45, 2.75) is 12.8 Å². The van der Waals surface area contributed by atoms with Gasteiger partial charge in [-0.2, -0.15) is 0 Å². The summed E-state index contributed by atoms with van der Waals surface area (Å²) in [5.74, 6) is 0.226. The van der Waals surface area contributed by atoms with E-state index in [2.05, 4.69) is 6.07 Å². The van der Waals surface area contributed by atoms with Gasteiger partial charge in [0, 0.05) is 16.9 Å². The molecule has 0 saturated heterocycles. The smallest absolute Gasteiger partial charge is 0.163 e. The fraction of sp³-hybridized carbons (Fsp3) is 0.154. The zero-order valence-electron chi connectivity index (χ0n) is 8.35. The van der Waals surface area contributed by atoms with Crippen LogP contribution in [0.15, 0.2) is 47.8 Å². The first-order chi connectivity index (χ1) is 7.36. The molecule has 2 rings (SSSR count). The molecule has 0 saturated carbocycles. The predicted molar refractivity (Wildman–Crippen MR) is 63.4 cm³/mol. The number of rotatable bonds is 4. The number of carbonyl (C=O) groups is 1. The molecule has 15 heavy (non-hydrogen) atoms. The van der Waals surface area contributed by atoms with Gasteiger partial charge in [0.05, 0.1) is 0 Å². The molecule has 0 amide bonds. The summed E-state index contributed by atoms with van der Waals surface area (Å²) in [6.07, 6.45) is 1.45. The van der Waals surface area contributed by atoms with Gasteiger partial charge in [-0.15, -0.1) is 11.3 Å². The quantitative estimate of drug-likeness (QED) is 0.714. The Morgan fingerprint density at radius 1 is 1.07 bits per heavy atom. The van der Waals surface area contributed by atoms with Crippen LogP contribution in [0.2, 0.25) is 0 Å². The fourth-order valence-electron chi connectivity index (χ4n) is 1.46. The van der Waals surface area contributed by atoms with E-state index in [1.54, 1.807) is 11.3 Å². The fourth-order valence-corrected chi connectivity index (χ4v) is 2.17. The maximum absolute atomic E-state index is 11.7. The molecule has 1 nitrogen and oxygen atoms in total. The van der Waals surface area contributed by atoms with Crippen LogP contribution in [0, 0.1) is 0 Å². The first-order valence-electron chi connectivity index (χ1n) is 4.97. The lowest BCUT2D eigenvalue weighted by Crippen LogP contribution is -1.99. The summed E-state index contributed by atoms with van der Waals surface area (Å²) in [7, 11) is 0. The monoisotopic (exact) mass is 216 g/mol. The van der Waals surface area contributed by atoms with E-state index in [9.17, 15) is 4.79 Å². The Kier molecular flexibility index (Phi) is 3.30. The number of carbonyl (C=O) groups excluding carboxylic acids is 1. The molecule has 2 heteroatoms. The van der Waals surface area contributed by atoms with Gasteiger partial charge in [0.2, 0.25) is 0 Å². The maximum atomic E-state index is 11.7. The number of Topliss-reactive ketones (excluding diaryl/α,β-unsaturated/α-hetero) is 1. The van der Waals surface area contributed by atoms with Gasteiger partial charge in [0.15, 0.2) is 5.78 Å². The molecule has 0 N–H and O–H groups in total. The van der Waals surface area contributed by atoms with Crippen molar-refractivity contribution in [2.24, 2.45) is 0 Å². The molecule has 0 unspecified atom stereocenters. The summed E-state index contributed by atoms with van der Waals surface area (Å²) < 4.78 is 0. The molecule has 0 aliphatic heterocycles. The van der Waals surface area contributed by atoms with E-state index in [0.29, 0.717) is 6.42 Å². The molecule has 1 aromatic carbocycles. The molecule has 2 aromatic rings. The van der Waals surface area contributed by atoms with Crippen LogP contribution in [0.5, 0.6) is 0 Å². The first kappa shape index (κ1) is 10.1. The third-order valence-corrected chi connectivity index (χ3v) is 3.21. The molecule has 0 atom stereocenters. The average Bonchev–Trinajstić information content (AvgIpc) is 2.80. The van der Waals surface area contributed by atoms with Gasteiger partial charge in [-0.25, -0.2) is 0 Å². The number of aryl methyl sites for hydroxylation is 1. The van der Waals surface area contributed by atoms with E-state index in [0.717, 1.165) is 12.0 Å². The second kappa shape index (κ2) is 4.89. The summed E-state index contributed by atoms with van der Waals surface area (Å²) in [5, 5.41) is 2.04. The normalized spacial score (nSPS) is 10.1. The molecule has 1 aromatic heterocycles. The van der Waals surface area contributed by atoms with Crippen molar-refractivity contribution in [3.63, 3.8) is 0 Å². The van der Waals surface area contributed by atoms with E-state index in [1.165, 1.54) is 4.88 Å². The number of ketones is 1. The number of hydrogen-bond donors (Lipinski definition) is 0. The van der Waals surface area contributed by atoms with Crippen molar-refractivity contribution in [3.05, 3.63) is 58.3 Å². The molecule has 0 fully saturated rings. The molecule has 0 aliphatic carbocycles. The summed E-state index contributed by atoms with van der Waals surface area (Å²) in [4.78, 5) is 13.0. The lowest BCUT2D eigenvalue weighted by atomic mass is 10.1. The number of hydrogen-bond acceptors (Lipinski definition) is 2. The van der Waals surface area contributed by atoms with E-state index in [1.807, 2.05) is 41.8 Å². The van der Waals surface area contributed by atoms with Crippen LogP contribution >= 0.6 is 11.3 Å². The van der Waals surface area contributed by atoms with Crippen molar-refractivity contribution in [1.82, 2.24) is 0 Å². The van der Waals surface area contributed by atoms with Gasteiger partial charge in [-0.05, 0) is 17.9 Å². The van der Waals surface area contributed by atoms with Crippen LogP contribution in [0.4, 0.5) is 0 Å².